The number of imidazole rings is 1. The van der Waals surface area contributed by atoms with Gasteiger partial charge in [-0.2, -0.15) is 0 Å². The lowest BCUT2D eigenvalue weighted by Crippen LogP contribution is -2.40. The highest BCUT2D eigenvalue weighted by Crippen LogP contribution is 2.18. The fraction of sp³-hybridized carbons (Fsp3) is 0.211. The van der Waals surface area contributed by atoms with Gasteiger partial charge in [-0.3, -0.25) is 18.3 Å². The molecule has 3 aromatic heterocycles. The molecule has 0 spiro atoms. The van der Waals surface area contributed by atoms with Crippen molar-refractivity contribution in [2.24, 2.45) is 0 Å². The van der Waals surface area contributed by atoms with Gasteiger partial charge in [0.05, 0.1) is 13.7 Å². The van der Waals surface area contributed by atoms with Crippen molar-refractivity contribution in [3.05, 3.63) is 75.1 Å². The van der Waals surface area contributed by atoms with Gasteiger partial charge in [0, 0.05) is 18.8 Å². The van der Waals surface area contributed by atoms with Gasteiger partial charge in [-0.1, -0.05) is 30.3 Å². The third-order valence-corrected chi connectivity index (χ3v) is 4.48. The van der Waals surface area contributed by atoms with E-state index >= 15 is 0 Å². The molecule has 4 aromatic rings. The van der Waals surface area contributed by atoms with Crippen LogP contribution >= 0.6 is 0 Å². The summed E-state index contributed by atoms with van der Waals surface area (Å²) in [7, 11) is 1.57. The van der Waals surface area contributed by atoms with Gasteiger partial charge in [0.2, 0.25) is 0 Å². The van der Waals surface area contributed by atoms with Crippen molar-refractivity contribution in [2.45, 2.75) is 20.0 Å². The molecule has 0 aliphatic rings. The van der Waals surface area contributed by atoms with E-state index in [1.54, 1.807) is 41.3 Å². The molecule has 0 saturated carbocycles. The summed E-state index contributed by atoms with van der Waals surface area (Å²) in [5.74, 6) is 0.639. The molecule has 0 fully saturated rings. The van der Waals surface area contributed by atoms with Gasteiger partial charge in [0.25, 0.3) is 5.56 Å². The van der Waals surface area contributed by atoms with E-state index in [2.05, 4.69) is 4.98 Å². The van der Waals surface area contributed by atoms with Gasteiger partial charge < -0.3 is 4.74 Å². The van der Waals surface area contributed by atoms with Crippen LogP contribution in [-0.4, -0.2) is 25.6 Å². The van der Waals surface area contributed by atoms with Crippen LogP contribution < -0.4 is 16.0 Å². The van der Waals surface area contributed by atoms with Crippen LogP contribution in [0.1, 0.15) is 12.5 Å². The van der Waals surface area contributed by atoms with E-state index in [0.29, 0.717) is 35.7 Å². The highest BCUT2D eigenvalue weighted by molar-refractivity contribution is 5.77. The lowest BCUT2D eigenvalue weighted by Gasteiger charge is -2.10. The second-order valence-corrected chi connectivity index (χ2v) is 5.98. The Morgan fingerprint density at radius 1 is 1.08 bits per heavy atom. The second kappa shape index (κ2) is 6.18. The zero-order valence-electron chi connectivity index (χ0n) is 14.5. The SMILES string of the molecule is CCn1c(=O)c2c(nc3cc(OC)ccn32)n(Cc2ccccc2)c1=O. The zero-order valence-corrected chi connectivity index (χ0v) is 14.5. The molecule has 1 aromatic carbocycles. The molecule has 26 heavy (non-hydrogen) atoms. The van der Waals surface area contributed by atoms with Crippen LogP contribution in [0, 0.1) is 0 Å². The smallest absolute Gasteiger partial charge is 0.333 e. The molecule has 0 radical (unpaired) electrons. The number of pyridine rings is 1. The number of hydrogen-bond acceptors (Lipinski definition) is 4. The van der Waals surface area contributed by atoms with Crippen molar-refractivity contribution in [3.8, 4) is 5.75 Å². The van der Waals surface area contributed by atoms with Crippen molar-refractivity contribution in [3.63, 3.8) is 0 Å². The molecule has 0 saturated heterocycles. The minimum Gasteiger partial charge on any atom is -0.497 e. The van der Waals surface area contributed by atoms with Crippen LogP contribution in [0.2, 0.25) is 0 Å². The number of rotatable bonds is 4. The van der Waals surface area contributed by atoms with Gasteiger partial charge in [-0.25, -0.2) is 9.78 Å². The fourth-order valence-corrected chi connectivity index (χ4v) is 3.17. The molecule has 0 bridgehead atoms. The average molecular weight is 350 g/mol. The molecular formula is C19H18N4O3. The third kappa shape index (κ3) is 2.40. The Hall–Kier alpha value is -3.35. The van der Waals surface area contributed by atoms with E-state index in [1.807, 2.05) is 30.3 Å². The van der Waals surface area contributed by atoms with E-state index in [-0.39, 0.29) is 11.2 Å². The van der Waals surface area contributed by atoms with Crippen LogP contribution in [0.3, 0.4) is 0 Å². The number of hydrogen-bond donors (Lipinski definition) is 0. The van der Waals surface area contributed by atoms with E-state index in [1.165, 1.54) is 4.57 Å². The Morgan fingerprint density at radius 3 is 2.54 bits per heavy atom. The quantitative estimate of drug-likeness (QED) is 0.563. The first-order chi connectivity index (χ1) is 12.6. The van der Waals surface area contributed by atoms with E-state index in [0.717, 1.165) is 5.56 Å². The summed E-state index contributed by atoms with van der Waals surface area (Å²) < 4.78 is 9.73. The second-order valence-electron chi connectivity index (χ2n) is 5.98. The molecule has 7 heteroatoms. The fourth-order valence-electron chi connectivity index (χ4n) is 3.17. The summed E-state index contributed by atoms with van der Waals surface area (Å²) in [6.07, 6.45) is 1.74. The van der Waals surface area contributed by atoms with Crippen molar-refractivity contribution in [1.29, 1.82) is 0 Å². The largest absolute Gasteiger partial charge is 0.497 e. The predicted molar refractivity (Wildman–Crippen MR) is 99.0 cm³/mol. The minimum atomic E-state index is -0.357. The van der Waals surface area contributed by atoms with Gasteiger partial charge in [0.15, 0.2) is 11.2 Å². The summed E-state index contributed by atoms with van der Waals surface area (Å²) in [5, 5.41) is 0. The number of aromatic nitrogens is 4. The molecular weight excluding hydrogens is 332 g/mol. The summed E-state index contributed by atoms with van der Waals surface area (Å²) in [6.45, 7) is 2.43. The van der Waals surface area contributed by atoms with Crippen LogP contribution in [0.15, 0.2) is 58.3 Å². The zero-order chi connectivity index (χ0) is 18.3. The van der Waals surface area contributed by atoms with Crippen LogP contribution in [0.25, 0.3) is 16.8 Å². The minimum absolute atomic E-state index is 0.297. The number of nitrogens with zero attached hydrogens (tertiary/aromatic N) is 4. The maximum absolute atomic E-state index is 12.9. The molecule has 0 unspecified atom stereocenters. The Balaban J connectivity index is 2.09. The topological polar surface area (TPSA) is 70.5 Å². The van der Waals surface area contributed by atoms with E-state index < -0.39 is 0 Å². The lowest BCUT2D eigenvalue weighted by molar-refractivity contribution is 0.414. The van der Waals surface area contributed by atoms with Crippen molar-refractivity contribution < 1.29 is 4.74 Å². The molecule has 3 heterocycles. The molecule has 0 amide bonds. The summed E-state index contributed by atoms with van der Waals surface area (Å²) in [6, 6.07) is 13.1. The predicted octanol–water partition coefficient (Wildman–Crippen LogP) is 1.89. The van der Waals surface area contributed by atoms with Crippen LogP contribution in [-0.2, 0) is 13.1 Å². The number of methoxy groups -OCH3 is 1. The maximum atomic E-state index is 12.9. The van der Waals surface area contributed by atoms with Gasteiger partial charge in [-0.05, 0) is 18.6 Å². The number of ether oxygens (including phenoxy) is 1. The Labute approximate surface area is 148 Å². The summed E-state index contributed by atoms with van der Waals surface area (Å²) in [4.78, 5) is 30.3. The highest BCUT2D eigenvalue weighted by atomic mass is 16.5. The van der Waals surface area contributed by atoms with Crippen LogP contribution in [0.4, 0.5) is 0 Å². The standard InChI is InChI=1S/C19H18N4O3/c1-3-21-18(24)16-17(20-15-11-14(26-2)9-10-22(15)16)23(19(21)25)12-13-7-5-4-6-8-13/h4-11H,3,12H2,1-2H3. The lowest BCUT2D eigenvalue weighted by atomic mass is 10.2. The Kier molecular flexibility index (Phi) is 3.84. The molecule has 7 nitrogen and oxygen atoms in total. The van der Waals surface area contributed by atoms with E-state index in [4.69, 9.17) is 4.74 Å². The number of fused-ring (bicyclic) bond motifs is 3. The summed E-state index contributed by atoms with van der Waals surface area (Å²) in [5.41, 5.74) is 1.60. The number of benzene rings is 1. The molecule has 132 valence electrons. The molecule has 0 aliphatic carbocycles. The average Bonchev–Trinajstić information content (AvgIpc) is 3.05. The highest BCUT2D eigenvalue weighted by Gasteiger charge is 2.18. The van der Waals surface area contributed by atoms with Crippen molar-refractivity contribution in [2.75, 3.05) is 7.11 Å². The molecule has 0 N–H and O–H groups in total. The van der Waals surface area contributed by atoms with E-state index in [9.17, 15) is 9.59 Å². The normalized spacial score (nSPS) is 11.3. The summed E-state index contributed by atoms with van der Waals surface area (Å²) >= 11 is 0. The first kappa shape index (κ1) is 16.1. The van der Waals surface area contributed by atoms with Crippen molar-refractivity contribution >= 4 is 16.8 Å². The maximum Gasteiger partial charge on any atom is 0.333 e. The first-order valence-corrected chi connectivity index (χ1v) is 8.37. The monoisotopic (exact) mass is 350 g/mol. The van der Waals surface area contributed by atoms with Gasteiger partial charge in [-0.15, -0.1) is 0 Å². The van der Waals surface area contributed by atoms with Gasteiger partial charge in [0.1, 0.15) is 11.4 Å². The third-order valence-electron chi connectivity index (χ3n) is 4.48. The molecule has 0 aliphatic heterocycles. The van der Waals surface area contributed by atoms with Crippen LogP contribution in [0.5, 0.6) is 5.75 Å². The first-order valence-electron chi connectivity index (χ1n) is 8.37. The Morgan fingerprint density at radius 2 is 1.85 bits per heavy atom. The Bertz CT molecular complexity index is 1220. The molecule has 0 atom stereocenters. The van der Waals surface area contributed by atoms with Gasteiger partial charge >= 0.3 is 5.69 Å². The van der Waals surface area contributed by atoms with Crippen molar-refractivity contribution in [1.82, 2.24) is 18.5 Å². The molecule has 4 rings (SSSR count).